The summed E-state index contributed by atoms with van der Waals surface area (Å²) in [5, 5.41) is 0. The lowest BCUT2D eigenvalue weighted by Crippen LogP contribution is -2.43. The van der Waals surface area contributed by atoms with Gasteiger partial charge in [-0.3, -0.25) is 9.78 Å². The number of ether oxygens (including phenoxy) is 1. The topological polar surface area (TPSA) is 42.4 Å². The molecule has 1 aromatic rings. The van der Waals surface area contributed by atoms with Gasteiger partial charge in [-0.1, -0.05) is 0 Å². The average molecular weight is 238 g/mol. The first-order valence-corrected chi connectivity index (χ1v) is 5.64. The third kappa shape index (κ3) is 2.61. The summed E-state index contributed by atoms with van der Waals surface area (Å²) in [7, 11) is 1.63. The van der Waals surface area contributed by atoms with E-state index in [-0.39, 0.29) is 17.6 Å². The van der Waals surface area contributed by atoms with Crippen LogP contribution in [0.5, 0.6) is 0 Å². The third-order valence-corrected chi connectivity index (χ3v) is 3.00. The lowest BCUT2D eigenvalue weighted by atomic mass is 10.1. The minimum Gasteiger partial charge on any atom is -0.380 e. The smallest absolute Gasteiger partial charge is 0.257 e. The molecular weight excluding hydrogens is 223 g/mol. The predicted octanol–water partition coefficient (Wildman–Crippen LogP) is 1.47. The molecule has 92 valence electrons. The highest BCUT2D eigenvalue weighted by Crippen LogP contribution is 2.16. The van der Waals surface area contributed by atoms with Crippen LogP contribution in [-0.2, 0) is 4.74 Å². The van der Waals surface area contributed by atoms with E-state index in [1.165, 1.54) is 12.3 Å². The van der Waals surface area contributed by atoms with Gasteiger partial charge in [0.15, 0.2) is 5.82 Å². The molecule has 2 heterocycles. The Morgan fingerprint density at radius 1 is 1.65 bits per heavy atom. The number of amides is 1. The lowest BCUT2D eigenvalue weighted by Gasteiger charge is -2.32. The Labute approximate surface area is 99.4 Å². The molecule has 1 fully saturated rings. The molecule has 0 unspecified atom stereocenters. The van der Waals surface area contributed by atoms with Gasteiger partial charge in [0.2, 0.25) is 0 Å². The molecule has 5 heteroatoms. The zero-order valence-corrected chi connectivity index (χ0v) is 9.73. The van der Waals surface area contributed by atoms with Crippen LogP contribution < -0.4 is 0 Å². The zero-order valence-electron chi connectivity index (χ0n) is 9.73. The Morgan fingerprint density at radius 2 is 2.47 bits per heavy atom. The van der Waals surface area contributed by atoms with Crippen LogP contribution in [0.25, 0.3) is 0 Å². The number of likely N-dealkylation sites (tertiary alicyclic amines) is 1. The number of hydrogen-bond donors (Lipinski definition) is 0. The molecule has 0 bridgehead atoms. The van der Waals surface area contributed by atoms with Crippen molar-refractivity contribution in [3.63, 3.8) is 0 Å². The van der Waals surface area contributed by atoms with Gasteiger partial charge >= 0.3 is 0 Å². The molecule has 0 spiro atoms. The molecular formula is C12H15FN2O2. The molecule has 0 aromatic carbocycles. The Bertz CT molecular complexity index is 411. The fraction of sp³-hybridized carbons (Fsp3) is 0.500. The van der Waals surface area contributed by atoms with Gasteiger partial charge in [0.25, 0.3) is 5.91 Å². The van der Waals surface area contributed by atoms with Crippen molar-refractivity contribution in [2.24, 2.45) is 0 Å². The maximum Gasteiger partial charge on any atom is 0.257 e. The molecule has 0 N–H and O–H groups in total. The third-order valence-electron chi connectivity index (χ3n) is 3.00. The van der Waals surface area contributed by atoms with Crippen molar-refractivity contribution in [1.29, 1.82) is 0 Å². The molecule has 1 aromatic heterocycles. The minimum atomic E-state index is -0.572. The number of carbonyl (C=O) groups excluding carboxylic acids is 1. The summed E-state index contributed by atoms with van der Waals surface area (Å²) in [6, 6.07) is 1.41. The number of methoxy groups -OCH3 is 1. The van der Waals surface area contributed by atoms with Gasteiger partial charge in [-0.2, -0.15) is 0 Å². The largest absolute Gasteiger partial charge is 0.380 e. The average Bonchev–Trinajstić information content (AvgIpc) is 2.38. The van der Waals surface area contributed by atoms with Crippen LogP contribution in [0, 0.1) is 5.82 Å². The van der Waals surface area contributed by atoms with Crippen LogP contribution in [0.3, 0.4) is 0 Å². The Balaban J connectivity index is 2.12. The van der Waals surface area contributed by atoms with E-state index in [4.69, 9.17) is 4.74 Å². The molecule has 0 aliphatic carbocycles. The van der Waals surface area contributed by atoms with E-state index in [9.17, 15) is 9.18 Å². The minimum absolute atomic E-state index is 0.0533. The van der Waals surface area contributed by atoms with Gasteiger partial charge in [0.1, 0.15) is 0 Å². The predicted molar refractivity (Wildman–Crippen MR) is 60.1 cm³/mol. The standard InChI is InChI=1S/C12H15FN2O2/c1-17-9-3-2-6-15(8-9)12(16)10-4-5-14-7-11(10)13/h4-5,7,9H,2-3,6,8H2,1H3/t9-/m1/s1. The maximum atomic E-state index is 13.4. The number of aromatic nitrogens is 1. The molecule has 1 aliphatic rings. The Kier molecular flexibility index (Phi) is 3.68. The summed E-state index contributed by atoms with van der Waals surface area (Å²) >= 11 is 0. The van der Waals surface area contributed by atoms with Crippen molar-refractivity contribution in [1.82, 2.24) is 9.88 Å². The number of rotatable bonds is 2. The lowest BCUT2D eigenvalue weighted by molar-refractivity contribution is 0.0266. The number of carbonyl (C=O) groups is 1. The van der Waals surface area contributed by atoms with E-state index >= 15 is 0 Å². The molecule has 17 heavy (non-hydrogen) atoms. The molecule has 2 rings (SSSR count). The zero-order chi connectivity index (χ0) is 12.3. The fourth-order valence-corrected chi connectivity index (χ4v) is 2.03. The van der Waals surface area contributed by atoms with Crippen molar-refractivity contribution < 1.29 is 13.9 Å². The first-order chi connectivity index (χ1) is 8.22. The monoisotopic (exact) mass is 238 g/mol. The summed E-state index contributed by atoms with van der Waals surface area (Å²) in [6.07, 6.45) is 4.37. The van der Waals surface area contributed by atoms with Gasteiger partial charge in [0, 0.05) is 26.4 Å². The van der Waals surface area contributed by atoms with Crippen molar-refractivity contribution in [3.05, 3.63) is 29.8 Å². The normalized spacial score (nSPS) is 20.4. The summed E-state index contributed by atoms with van der Waals surface area (Å²) < 4.78 is 18.7. The highest BCUT2D eigenvalue weighted by molar-refractivity contribution is 5.94. The highest BCUT2D eigenvalue weighted by atomic mass is 19.1. The van der Waals surface area contributed by atoms with Crippen LogP contribution in [-0.4, -0.2) is 42.1 Å². The second-order valence-corrected chi connectivity index (χ2v) is 4.11. The molecule has 0 saturated carbocycles. The van der Waals surface area contributed by atoms with Gasteiger partial charge < -0.3 is 9.64 Å². The van der Waals surface area contributed by atoms with Crippen molar-refractivity contribution in [3.8, 4) is 0 Å². The first kappa shape index (κ1) is 12.0. The van der Waals surface area contributed by atoms with E-state index < -0.39 is 5.82 Å². The van der Waals surface area contributed by atoms with E-state index in [1.54, 1.807) is 12.0 Å². The van der Waals surface area contributed by atoms with Crippen molar-refractivity contribution in [2.45, 2.75) is 18.9 Å². The van der Waals surface area contributed by atoms with Crippen molar-refractivity contribution in [2.75, 3.05) is 20.2 Å². The van der Waals surface area contributed by atoms with Crippen LogP contribution >= 0.6 is 0 Å². The summed E-state index contributed by atoms with van der Waals surface area (Å²) in [6.45, 7) is 1.18. The van der Waals surface area contributed by atoms with Crippen LogP contribution in [0.2, 0.25) is 0 Å². The Hall–Kier alpha value is -1.49. The summed E-state index contributed by atoms with van der Waals surface area (Å²) in [5.41, 5.74) is 0.0803. The van der Waals surface area contributed by atoms with E-state index in [1.807, 2.05) is 0 Å². The molecule has 0 radical (unpaired) electrons. The molecule has 1 aliphatic heterocycles. The van der Waals surface area contributed by atoms with Crippen LogP contribution in [0.1, 0.15) is 23.2 Å². The second-order valence-electron chi connectivity index (χ2n) is 4.11. The van der Waals surface area contributed by atoms with E-state index in [0.717, 1.165) is 19.0 Å². The maximum absolute atomic E-state index is 13.4. The first-order valence-electron chi connectivity index (χ1n) is 5.64. The molecule has 4 nitrogen and oxygen atoms in total. The number of piperidine rings is 1. The van der Waals surface area contributed by atoms with Crippen LogP contribution in [0.4, 0.5) is 4.39 Å². The van der Waals surface area contributed by atoms with Crippen molar-refractivity contribution >= 4 is 5.91 Å². The van der Waals surface area contributed by atoms with E-state index in [0.29, 0.717) is 13.1 Å². The van der Waals surface area contributed by atoms with Gasteiger partial charge in [-0.15, -0.1) is 0 Å². The van der Waals surface area contributed by atoms with E-state index in [2.05, 4.69) is 4.98 Å². The van der Waals surface area contributed by atoms with Crippen LogP contribution in [0.15, 0.2) is 18.5 Å². The molecule has 1 saturated heterocycles. The van der Waals surface area contributed by atoms with Gasteiger partial charge in [-0.05, 0) is 18.9 Å². The number of pyridine rings is 1. The number of halogens is 1. The quantitative estimate of drug-likeness (QED) is 0.783. The fourth-order valence-electron chi connectivity index (χ4n) is 2.03. The number of hydrogen-bond acceptors (Lipinski definition) is 3. The highest BCUT2D eigenvalue weighted by Gasteiger charge is 2.25. The summed E-state index contributed by atoms with van der Waals surface area (Å²) in [5.74, 6) is -0.858. The number of nitrogens with zero attached hydrogens (tertiary/aromatic N) is 2. The second kappa shape index (κ2) is 5.23. The summed E-state index contributed by atoms with van der Waals surface area (Å²) in [4.78, 5) is 17.4. The molecule has 1 amide bonds. The Morgan fingerprint density at radius 3 is 3.18 bits per heavy atom. The SMILES string of the molecule is CO[C@@H]1CCCN(C(=O)c2ccncc2F)C1. The van der Waals surface area contributed by atoms with Gasteiger partial charge in [-0.25, -0.2) is 4.39 Å². The van der Waals surface area contributed by atoms with Gasteiger partial charge in [0.05, 0.1) is 17.9 Å². The molecule has 1 atom stereocenters.